The normalized spacial score (nSPS) is 14.1. The molecule has 0 aliphatic rings. The lowest BCUT2D eigenvalue weighted by Crippen LogP contribution is -2.29. The summed E-state index contributed by atoms with van der Waals surface area (Å²) in [5.41, 5.74) is 2.93. The summed E-state index contributed by atoms with van der Waals surface area (Å²) in [4.78, 5) is 0. The average Bonchev–Trinajstić information content (AvgIpc) is 2.34. The predicted molar refractivity (Wildman–Crippen MR) is 92.5 cm³/mol. The van der Waals surface area contributed by atoms with E-state index in [-0.39, 0.29) is 16.9 Å². The minimum atomic E-state index is 0.129. The third kappa shape index (κ3) is 5.70. The second kappa shape index (κ2) is 6.83. The molecule has 0 amide bonds. The van der Waals surface area contributed by atoms with Crippen molar-refractivity contribution in [3.63, 3.8) is 0 Å². The van der Waals surface area contributed by atoms with Crippen molar-refractivity contribution in [2.75, 3.05) is 13.1 Å². The minimum Gasteiger partial charge on any atom is -0.489 e. The van der Waals surface area contributed by atoms with Crippen LogP contribution in [0.1, 0.15) is 66.5 Å². The Kier molecular flexibility index (Phi) is 5.86. The molecule has 0 bridgehead atoms. The van der Waals surface area contributed by atoms with Crippen molar-refractivity contribution in [2.45, 2.75) is 72.3 Å². The van der Waals surface area contributed by atoms with Gasteiger partial charge in [0.15, 0.2) is 0 Å². The van der Waals surface area contributed by atoms with Gasteiger partial charge in [0.25, 0.3) is 0 Å². The van der Waals surface area contributed by atoms with E-state index in [0.717, 1.165) is 18.8 Å². The van der Waals surface area contributed by atoms with Gasteiger partial charge in [-0.2, -0.15) is 0 Å². The molecule has 0 radical (unpaired) electrons. The van der Waals surface area contributed by atoms with E-state index in [1.54, 1.807) is 0 Å². The summed E-state index contributed by atoms with van der Waals surface area (Å²) in [5, 5.41) is 3.33. The summed E-state index contributed by atoms with van der Waals surface area (Å²) in [6.07, 6.45) is 0.174. The zero-order valence-electron chi connectivity index (χ0n) is 15.1. The number of hydrogen-bond acceptors (Lipinski definition) is 2. The lowest BCUT2D eigenvalue weighted by atomic mass is 9.80. The first kappa shape index (κ1) is 18.0. The molecule has 21 heavy (non-hydrogen) atoms. The van der Waals surface area contributed by atoms with E-state index < -0.39 is 0 Å². The molecule has 1 aromatic rings. The third-order valence-corrected chi connectivity index (χ3v) is 3.66. The Hall–Kier alpha value is -1.02. The first-order valence-electron chi connectivity index (χ1n) is 8.07. The second-order valence-electron chi connectivity index (χ2n) is 7.98. The molecule has 0 aliphatic carbocycles. The first-order chi connectivity index (χ1) is 9.54. The molecular weight excluding hydrogens is 258 g/mol. The maximum atomic E-state index is 6.13. The van der Waals surface area contributed by atoms with E-state index in [0.29, 0.717) is 0 Å². The average molecular weight is 291 g/mol. The Labute approximate surface area is 131 Å². The SMILES string of the molecule is CCNCC(C)Oc1cc(C(C)(C)C)cc(C(C)(C)C)c1. The molecule has 1 atom stereocenters. The van der Waals surface area contributed by atoms with E-state index in [1.165, 1.54) is 11.1 Å². The highest BCUT2D eigenvalue weighted by Gasteiger charge is 2.21. The van der Waals surface area contributed by atoms with E-state index >= 15 is 0 Å². The zero-order valence-corrected chi connectivity index (χ0v) is 15.1. The van der Waals surface area contributed by atoms with E-state index in [4.69, 9.17) is 4.74 Å². The molecule has 120 valence electrons. The summed E-state index contributed by atoms with van der Waals surface area (Å²) < 4.78 is 6.13. The van der Waals surface area contributed by atoms with Crippen molar-refractivity contribution in [2.24, 2.45) is 0 Å². The molecule has 2 nitrogen and oxygen atoms in total. The standard InChI is InChI=1S/C19H33NO/c1-9-20-13-14(2)21-17-11-15(18(3,4)5)10-16(12-17)19(6,7)8/h10-12,14,20H,9,13H2,1-8H3. The highest BCUT2D eigenvalue weighted by molar-refractivity contribution is 5.40. The summed E-state index contributed by atoms with van der Waals surface area (Å²) >= 11 is 0. The van der Waals surface area contributed by atoms with Gasteiger partial charge in [-0.1, -0.05) is 54.5 Å². The number of benzene rings is 1. The van der Waals surface area contributed by atoms with Gasteiger partial charge >= 0.3 is 0 Å². The van der Waals surface area contributed by atoms with Gasteiger partial charge in [-0.15, -0.1) is 0 Å². The maximum absolute atomic E-state index is 6.13. The molecule has 1 aromatic carbocycles. The Bertz CT molecular complexity index is 419. The first-order valence-corrected chi connectivity index (χ1v) is 8.07. The zero-order chi connectivity index (χ0) is 16.3. The Morgan fingerprint density at radius 2 is 1.43 bits per heavy atom. The predicted octanol–water partition coefficient (Wildman–Crippen LogP) is 4.66. The monoisotopic (exact) mass is 291 g/mol. The van der Waals surface area contributed by atoms with Crippen molar-refractivity contribution >= 4 is 0 Å². The molecule has 0 saturated carbocycles. The molecule has 1 N–H and O–H groups in total. The van der Waals surface area contributed by atoms with Crippen LogP contribution >= 0.6 is 0 Å². The highest BCUT2D eigenvalue weighted by atomic mass is 16.5. The molecule has 2 heteroatoms. The van der Waals surface area contributed by atoms with E-state index in [1.807, 2.05) is 0 Å². The summed E-state index contributed by atoms with van der Waals surface area (Å²) in [6.45, 7) is 19.6. The fourth-order valence-corrected chi connectivity index (χ4v) is 2.15. The lowest BCUT2D eigenvalue weighted by Gasteiger charge is -2.27. The van der Waals surface area contributed by atoms with Gasteiger partial charge in [0, 0.05) is 6.54 Å². The van der Waals surface area contributed by atoms with Crippen LogP contribution in [0.25, 0.3) is 0 Å². The van der Waals surface area contributed by atoms with Gasteiger partial charge in [0.1, 0.15) is 11.9 Å². The summed E-state index contributed by atoms with van der Waals surface area (Å²) in [6, 6.07) is 6.71. The van der Waals surface area contributed by atoms with Crippen molar-refractivity contribution in [1.29, 1.82) is 0 Å². The topological polar surface area (TPSA) is 21.3 Å². The van der Waals surface area contributed by atoms with Gasteiger partial charge in [-0.05, 0) is 47.6 Å². The van der Waals surface area contributed by atoms with Crippen molar-refractivity contribution in [3.8, 4) is 5.75 Å². The Morgan fingerprint density at radius 1 is 0.952 bits per heavy atom. The Morgan fingerprint density at radius 3 is 1.81 bits per heavy atom. The highest BCUT2D eigenvalue weighted by Crippen LogP contribution is 2.33. The van der Waals surface area contributed by atoms with Crippen LogP contribution in [-0.2, 0) is 10.8 Å². The number of likely N-dealkylation sites (N-methyl/N-ethyl adjacent to an activating group) is 1. The number of ether oxygens (including phenoxy) is 1. The van der Waals surface area contributed by atoms with Crippen LogP contribution in [0.5, 0.6) is 5.75 Å². The van der Waals surface area contributed by atoms with Gasteiger partial charge in [0.05, 0.1) is 0 Å². The molecule has 0 aliphatic heterocycles. The number of rotatable bonds is 5. The summed E-state index contributed by atoms with van der Waals surface area (Å²) in [7, 11) is 0. The van der Waals surface area contributed by atoms with Crippen LogP contribution in [0.4, 0.5) is 0 Å². The quantitative estimate of drug-likeness (QED) is 0.852. The maximum Gasteiger partial charge on any atom is 0.120 e. The van der Waals surface area contributed by atoms with Crippen LogP contribution in [-0.4, -0.2) is 19.2 Å². The number of nitrogens with one attached hydrogen (secondary N) is 1. The van der Waals surface area contributed by atoms with Crippen molar-refractivity contribution in [1.82, 2.24) is 5.32 Å². The second-order valence-corrected chi connectivity index (χ2v) is 7.98. The minimum absolute atomic E-state index is 0.129. The molecule has 1 unspecified atom stereocenters. The Balaban J connectivity index is 3.08. The van der Waals surface area contributed by atoms with Crippen LogP contribution in [0.3, 0.4) is 0 Å². The van der Waals surface area contributed by atoms with Gasteiger partial charge in [-0.3, -0.25) is 0 Å². The molecule has 0 fully saturated rings. The lowest BCUT2D eigenvalue weighted by molar-refractivity contribution is 0.217. The molecular formula is C19H33NO. The third-order valence-electron chi connectivity index (χ3n) is 3.66. The smallest absolute Gasteiger partial charge is 0.120 e. The van der Waals surface area contributed by atoms with Gasteiger partial charge in [-0.25, -0.2) is 0 Å². The van der Waals surface area contributed by atoms with Crippen LogP contribution in [0.2, 0.25) is 0 Å². The van der Waals surface area contributed by atoms with Crippen molar-refractivity contribution in [3.05, 3.63) is 29.3 Å². The largest absolute Gasteiger partial charge is 0.489 e. The van der Waals surface area contributed by atoms with Crippen LogP contribution < -0.4 is 10.1 Å². The van der Waals surface area contributed by atoms with Crippen LogP contribution in [0, 0.1) is 0 Å². The molecule has 0 saturated heterocycles. The summed E-state index contributed by atoms with van der Waals surface area (Å²) in [5.74, 6) is 0.984. The van der Waals surface area contributed by atoms with Crippen molar-refractivity contribution < 1.29 is 4.74 Å². The fourth-order valence-electron chi connectivity index (χ4n) is 2.15. The number of hydrogen-bond donors (Lipinski definition) is 1. The fraction of sp³-hybridized carbons (Fsp3) is 0.684. The molecule has 0 spiro atoms. The molecule has 0 aromatic heterocycles. The molecule has 1 rings (SSSR count). The van der Waals surface area contributed by atoms with Gasteiger partial charge in [0.2, 0.25) is 0 Å². The van der Waals surface area contributed by atoms with Gasteiger partial charge < -0.3 is 10.1 Å². The van der Waals surface area contributed by atoms with E-state index in [9.17, 15) is 0 Å². The van der Waals surface area contributed by atoms with E-state index in [2.05, 4.69) is 78.9 Å². The van der Waals surface area contributed by atoms with Crippen LogP contribution in [0.15, 0.2) is 18.2 Å². The molecule has 0 heterocycles.